The molecule has 5 rings (SSSR count). The molecule has 2 aromatic heterocycles. The molecule has 0 bridgehead atoms. The van der Waals surface area contributed by atoms with E-state index >= 15 is 0 Å². The van der Waals surface area contributed by atoms with Crippen LogP contribution in [0.25, 0.3) is 21.9 Å². The first kappa shape index (κ1) is 14.4. The monoisotopic (exact) mass is 351 g/mol. The van der Waals surface area contributed by atoms with Gasteiger partial charge in [-0.05, 0) is 42.4 Å². The predicted octanol–water partition coefficient (Wildman–Crippen LogP) is 3.59. The highest BCUT2D eigenvalue weighted by Crippen LogP contribution is 2.38. The van der Waals surface area contributed by atoms with Gasteiger partial charge in [0.15, 0.2) is 16.7 Å². The minimum absolute atomic E-state index is 0.144. The molecule has 0 spiro atoms. The van der Waals surface area contributed by atoms with Gasteiger partial charge in [0.2, 0.25) is 6.79 Å². The summed E-state index contributed by atoms with van der Waals surface area (Å²) in [4.78, 5) is 23.9. The molecule has 2 N–H and O–H groups in total. The van der Waals surface area contributed by atoms with Crippen molar-refractivity contribution in [1.82, 2.24) is 15.0 Å². The topological polar surface area (TPSA) is 80.0 Å². The van der Waals surface area contributed by atoms with Gasteiger partial charge in [-0.1, -0.05) is 12.1 Å². The van der Waals surface area contributed by atoms with Crippen molar-refractivity contribution in [1.29, 1.82) is 0 Å². The molecule has 1 aliphatic heterocycles. The van der Waals surface area contributed by atoms with Gasteiger partial charge in [-0.15, -0.1) is 0 Å². The number of fused-ring (bicyclic) bond motifs is 3. The molecule has 124 valence electrons. The second-order valence-corrected chi connectivity index (χ2v) is 6.82. The van der Waals surface area contributed by atoms with Crippen molar-refractivity contribution in [3.8, 4) is 11.5 Å². The molecule has 1 aliphatic rings. The number of nitrogens with one attached hydrogen (secondary N) is 2. The number of rotatable bonds is 2. The van der Waals surface area contributed by atoms with Crippen molar-refractivity contribution >= 4 is 33.7 Å². The summed E-state index contributed by atoms with van der Waals surface area (Å²) >= 11 is 1.33. The van der Waals surface area contributed by atoms with Crippen molar-refractivity contribution in [2.75, 3.05) is 6.79 Å². The van der Waals surface area contributed by atoms with E-state index in [9.17, 15) is 4.79 Å². The van der Waals surface area contributed by atoms with Gasteiger partial charge in [0.05, 0.1) is 21.4 Å². The van der Waals surface area contributed by atoms with E-state index in [1.807, 2.05) is 43.3 Å². The predicted molar refractivity (Wildman–Crippen MR) is 95.6 cm³/mol. The zero-order valence-electron chi connectivity index (χ0n) is 13.3. The van der Waals surface area contributed by atoms with Gasteiger partial charge in [0.25, 0.3) is 5.56 Å². The van der Waals surface area contributed by atoms with Gasteiger partial charge in [0.1, 0.15) is 0 Å². The van der Waals surface area contributed by atoms with Crippen LogP contribution < -0.4 is 15.0 Å². The van der Waals surface area contributed by atoms with Crippen LogP contribution in [0.3, 0.4) is 0 Å². The number of ether oxygens (including phenoxy) is 2. The van der Waals surface area contributed by atoms with Gasteiger partial charge in [-0.25, -0.2) is 4.98 Å². The number of hydrogen-bond acceptors (Lipinski definition) is 5. The molecule has 25 heavy (non-hydrogen) atoms. The standard InChI is InChI=1S/C18H13N3O3S/c1-9-10-6-14-15(24-8-23-14)7-13(10)19-17(22)16(9)25-18-20-11-4-2-3-5-12(11)21-18/h2-7H,8H2,1H3,(H,19,22)(H,20,21). The van der Waals surface area contributed by atoms with Crippen molar-refractivity contribution in [3.05, 3.63) is 52.3 Å². The van der Waals surface area contributed by atoms with E-state index in [0.717, 1.165) is 27.5 Å². The Balaban J connectivity index is 1.65. The molecule has 0 unspecified atom stereocenters. The van der Waals surface area contributed by atoms with E-state index in [2.05, 4.69) is 15.0 Å². The summed E-state index contributed by atoms with van der Waals surface area (Å²) in [5.41, 5.74) is 3.31. The molecule has 7 heteroatoms. The quantitative estimate of drug-likeness (QED) is 0.577. The third-order valence-corrected chi connectivity index (χ3v) is 5.36. The number of aromatic nitrogens is 3. The molecule has 0 atom stereocenters. The number of benzene rings is 2. The summed E-state index contributed by atoms with van der Waals surface area (Å²) in [6.07, 6.45) is 0. The zero-order chi connectivity index (χ0) is 17.0. The molecule has 4 aromatic rings. The minimum Gasteiger partial charge on any atom is -0.454 e. The molecule has 0 radical (unpaired) electrons. The summed E-state index contributed by atoms with van der Waals surface area (Å²) in [5, 5.41) is 1.62. The van der Waals surface area contributed by atoms with Crippen LogP contribution >= 0.6 is 11.8 Å². The third kappa shape index (κ3) is 2.27. The number of aryl methyl sites for hydroxylation is 1. The number of nitrogens with zero attached hydrogens (tertiary/aromatic N) is 1. The fourth-order valence-corrected chi connectivity index (χ4v) is 3.93. The lowest BCUT2D eigenvalue weighted by atomic mass is 10.1. The van der Waals surface area contributed by atoms with Crippen LogP contribution in [0.15, 0.2) is 51.2 Å². The number of pyridine rings is 1. The van der Waals surface area contributed by atoms with Gasteiger partial charge < -0.3 is 19.4 Å². The van der Waals surface area contributed by atoms with E-state index in [4.69, 9.17) is 9.47 Å². The molecule has 2 aromatic carbocycles. The second kappa shape index (κ2) is 5.29. The average molecular weight is 351 g/mol. The lowest BCUT2D eigenvalue weighted by molar-refractivity contribution is 0.174. The Morgan fingerprint density at radius 2 is 1.88 bits per heavy atom. The molecule has 0 aliphatic carbocycles. The summed E-state index contributed by atoms with van der Waals surface area (Å²) in [6, 6.07) is 11.5. The normalized spacial score (nSPS) is 13.0. The molecule has 0 amide bonds. The maximum Gasteiger partial charge on any atom is 0.262 e. The van der Waals surface area contributed by atoms with Crippen molar-refractivity contribution < 1.29 is 9.47 Å². The number of aromatic amines is 2. The summed E-state index contributed by atoms with van der Waals surface area (Å²) in [7, 11) is 0. The number of para-hydroxylation sites is 2. The van der Waals surface area contributed by atoms with E-state index in [-0.39, 0.29) is 12.4 Å². The lowest BCUT2D eigenvalue weighted by Gasteiger charge is -2.08. The second-order valence-electron chi connectivity index (χ2n) is 5.82. The highest BCUT2D eigenvalue weighted by molar-refractivity contribution is 7.99. The van der Waals surface area contributed by atoms with Gasteiger partial charge in [0, 0.05) is 11.5 Å². The number of H-pyrrole nitrogens is 2. The molecule has 6 nitrogen and oxygen atoms in total. The van der Waals surface area contributed by atoms with Crippen molar-refractivity contribution in [2.24, 2.45) is 0 Å². The van der Waals surface area contributed by atoms with E-state index in [1.165, 1.54) is 11.8 Å². The molecular formula is C18H13N3O3S. The minimum atomic E-state index is -0.144. The van der Waals surface area contributed by atoms with Crippen LogP contribution in [0.1, 0.15) is 5.56 Å². The maximum absolute atomic E-state index is 12.6. The Labute approximate surface area is 146 Å². The van der Waals surface area contributed by atoms with Crippen molar-refractivity contribution in [3.63, 3.8) is 0 Å². The van der Waals surface area contributed by atoms with Gasteiger partial charge >= 0.3 is 0 Å². The van der Waals surface area contributed by atoms with E-state index < -0.39 is 0 Å². The molecule has 0 saturated heterocycles. The third-order valence-electron chi connectivity index (χ3n) is 4.28. The van der Waals surface area contributed by atoms with Crippen LogP contribution in [-0.2, 0) is 0 Å². The largest absolute Gasteiger partial charge is 0.454 e. The molecular weight excluding hydrogens is 338 g/mol. The first-order valence-corrected chi connectivity index (χ1v) is 8.59. The van der Waals surface area contributed by atoms with Crippen LogP contribution in [0, 0.1) is 6.92 Å². The SMILES string of the molecule is Cc1c(Sc2nc3ccccc3[nH]2)c(=O)[nH]c2cc3c(cc12)OCO3. The van der Waals surface area contributed by atoms with Crippen LogP contribution in [0.5, 0.6) is 11.5 Å². The number of hydrogen-bond donors (Lipinski definition) is 2. The maximum atomic E-state index is 12.6. The first-order chi connectivity index (χ1) is 12.2. The highest BCUT2D eigenvalue weighted by Gasteiger charge is 2.18. The van der Waals surface area contributed by atoms with Crippen LogP contribution in [0.2, 0.25) is 0 Å². The summed E-state index contributed by atoms with van der Waals surface area (Å²) in [5.74, 6) is 1.35. The Morgan fingerprint density at radius 1 is 1.08 bits per heavy atom. The Hall–Kier alpha value is -2.93. The molecule has 0 saturated carbocycles. The van der Waals surface area contributed by atoms with E-state index in [0.29, 0.717) is 21.6 Å². The Kier molecular flexibility index (Phi) is 3.05. The highest BCUT2D eigenvalue weighted by atomic mass is 32.2. The smallest absolute Gasteiger partial charge is 0.262 e. The summed E-state index contributed by atoms with van der Waals surface area (Å²) < 4.78 is 10.8. The fourth-order valence-electron chi connectivity index (χ4n) is 3.02. The summed E-state index contributed by atoms with van der Waals surface area (Å²) in [6.45, 7) is 2.14. The van der Waals surface area contributed by atoms with Crippen LogP contribution in [0.4, 0.5) is 0 Å². The molecule has 0 fully saturated rings. The zero-order valence-corrected chi connectivity index (χ0v) is 14.1. The lowest BCUT2D eigenvalue weighted by Crippen LogP contribution is -2.10. The number of imidazole rings is 1. The fraction of sp³-hybridized carbons (Fsp3) is 0.111. The Bertz CT molecular complexity index is 1160. The Morgan fingerprint density at radius 3 is 2.72 bits per heavy atom. The van der Waals surface area contributed by atoms with E-state index in [1.54, 1.807) is 0 Å². The average Bonchev–Trinajstić information content (AvgIpc) is 3.22. The first-order valence-electron chi connectivity index (χ1n) is 7.78. The van der Waals surface area contributed by atoms with Crippen molar-refractivity contribution in [2.45, 2.75) is 17.0 Å². The van der Waals surface area contributed by atoms with Gasteiger partial charge in [-0.2, -0.15) is 0 Å². The van der Waals surface area contributed by atoms with Crippen LogP contribution in [-0.4, -0.2) is 21.7 Å². The molecule has 3 heterocycles. The van der Waals surface area contributed by atoms with Gasteiger partial charge in [-0.3, -0.25) is 4.79 Å².